The summed E-state index contributed by atoms with van der Waals surface area (Å²) in [6, 6.07) is 5.24. The molecular formula is C15H18N4O2. The predicted octanol–water partition coefficient (Wildman–Crippen LogP) is 2.62. The van der Waals surface area contributed by atoms with Crippen LogP contribution in [-0.2, 0) is 0 Å². The zero-order chi connectivity index (χ0) is 15.0. The first kappa shape index (κ1) is 13.8. The van der Waals surface area contributed by atoms with Gasteiger partial charge in [-0.05, 0) is 38.9 Å². The van der Waals surface area contributed by atoms with Crippen molar-refractivity contribution in [1.29, 1.82) is 0 Å². The van der Waals surface area contributed by atoms with E-state index in [1.165, 1.54) is 0 Å². The molecule has 2 N–H and O–H groups in total. The average Bonchev–Trinajstić information content (AvgIpc) is 2.85. The average molecular weight is 286 g/mol. The van der Waals surface area contributed by atoms with Crippen LogP contribution in [0.1, 0.15) is 19.0 Å². The third-order valence-corrected chi connectivity index (χ3v) is 4.02. The number of aromatic nitrogens is 1. The van der Waals surface area contributed by atoms with Gasteiger partial charge in [-0.25, -0.2) is 0 Å². The molecule has 1 fully saturated rings. The Hall–Kier alpha value is -2.21. The Bertz CT molecular complexity index is 708. The number of hydrogen-bond donors (Lipinski definition) is 2. The molecule has 0 bridgehead atoms. The third-order valence-electron chi connectivity index (χ3n) is 4.02. The smallest absolute Gasteiger partial charge is 0.278 e. The number of anilines is 1. The van der Waals surface area contributed by atoms with Crippen LogP contribution in [0.15, 0.2) is 24.4 Å². The number of nitrogens with one attached hydrogen (secondary N) is 2. The molecule has 1 aliphatic rings. The predicted molar refractivity (Wildman–Crippen MR) is 82.6 cm³/mol. The molecular weight excluding hydrogens is 268 g/mol. The number of aryl methyl sites for hydroxylation is 1. The summed E-state index contributed by atoms with van der Waals surface area (Å²) in [5, 5.41) is 19.5. The summed E-state index contributed by atoms with van der Waals surface area (Å²) in [4.78, 5) is 15.0. The first-order valence-corrected chi connectivity index (χ1v) is 7.01. The monoisotopic (exact) mass is 286 g/mol. The van der Waals surface area contributed by atoms with Crippen molar-refractivity contribution in [3.05, 3.63) is 40.2 Å². The van der Waals surface area contributed by atoms with Gasteiger partial charge in [0.05, 0.1) is 10.3 Å². The second-order valence-corrected chi connectivity index (χ2v) is 5.87. The molecule has 2 heterocycles. The van der Waals surface area contributed by atoms with Gasteiger partial charge in [-0.2, -0.15) is 0 Å². The van der Waals surface area contributed by atoms with Gasteiger partial charge < -0.3 is 10.6 Å². The molecule has 0 aliphatic carbocycles. The maximum Gasteiger partial charge on any atom is 0.278 e. The van der Waals surface area contributed by atoms with E-state index in [1.807, 2.05) is 13.0 Å². The molecule has 3 rings (SSSR count). The highest BCUT2D eigenvalue weighted by molar-refractivity contribution is 5.99. The molecule has 6 heteroatoms. The van der Waals surface area contributed by atoms with Crippen molar-refractivity contribution in [3.63, 3.8) is 0 Å². The van der Waals surface area contributed by atoms with Crippen LogP contribution >= 0.6 is 0 Å². The van der Waals surface area contributed by atoms with Crippen molar-refractivity contribution in [3.8, 4) is 0 Å². The zero-order valence-electron chi connectivity index (χ0n) is 12.1. The zero-order valence-corrected chi connectivity index (χ0v) is 12.1. The van der Waals surface area contributed by atoms with E-state index < -0.39 is 0 Å². The fraction of sp³-hybridized carbons (Fsp3) is 0.400. The maximum atomic E-state index is 11.2. The van der Waals surface area contributed by atoms with Crippen LogP contribution in [0.2, 0.25) is 0 Å². The Kier molecular flexibility index (Phi) is 3.25. The SMILES string of the molecule is Cc1cc2c(NC3(C)CCNC3)ccc([N+](=O)[O-])c2cn1. The van der Waals surface area contributed by atoms with Crippen LogP contribution in [0.5, 0.6) is 0 Å². The number of nitrogens with zero attached hydrogens (tertiary/aromatic N) is 2. The van der Waals surface area contributed by atoms with Gasteiger partial charge in [0, 0.05) is 41.1 Å². The summed E-state index contributed by atoms with van der Waals surface area (Å²) >= 11 is 0. The Morgan fingerprint density at radius 1 is 1.43 bits per heavy atom. The standard InChI is InChI=1S/C15H18N4O2/c1-10-7-11-12(8-17-10)14(19(20)21)4-3-13(11)18-15(2)5-6-16-9-15/h3-4,7-8,16,18H,5-6,9H2,1-2H3. The van der Waals surface area contributed by atoms with E-state index in [2.05, 4.69) is 22.5 Å². The molecule has 1 atom stereocenters. The second kappa shape index (κ2) is 4.96. The van der Waals surface area contributed by atoms with Gasteiger partial charge in [0.25, 0.3) is 5.69 Å². The van der Waals surface area contributed by atoms with E-state index >= 15 is 0 Å². The summed E-state index contributed by atoms with van der Waals surface area (Å²) in [7, 11) is 0. The molecule has 1 aliphatic heterocycles. The van der Waals surface area contributed by atoms with Gasteiger partial charge in [0.15, 0.2) is 0 Å². The number of non-ortho nitro benzene ring substituents is 1. The van der Waals surface area contributed by atoms with Crippen LogP contribution in [-0.4, -0.2) is 28.5 Å². The molecule has 0 radical (unpaired) electrons. The Morgan fingerprint density at radius 3 is 2.90 bits per heavy atom. The minimum Gasteiger partial charge on any atom is -0.378 e. The van der Waals surface area contributed by atoms with Gasteiger partial charge in [-0.1, -0.05) is 0 Å². The lowest BCUT2D eigenvalue weighted by Gasteiger charge is -2.26. The highest BCUT2D eigenvalue weighted by Gasteiger charge is 2.29. The molecule has 110 valence electrons. The molecule has 21 heavy (non-hydrogen) atoms. The van der Waals surface area contributed by atoms with Crippen LogP contribution in [0.25, 0.3) is 10.8 Å². The van der Waals surface area contributed by atoms with Crippen molar-refractivity contribution >= 4 is 22.1 Å². The molecule has 1 saturated heterocycles. The number of hydrogen-bond acceptors (Lipinski definition) is 5. The molecule has 2 aromatic rings. The summed E-state index contributed by atoms with van der Waals surface area (Å²) in [6.45, 7) is 5.92. The number of fused-ring (bicyclic) bond motifs is 1. The molecule has 0 amide bonds. The van der Waals surface area contributed by atoms with Gasteiger partial charge in [0.1, 0.15) is 0 Å². The molecule has 1 unspecified atom stereocenters. The van der Waals surface area contributed by atoms with E-state index in [9.17, 15) is 10.1 Å². The van der Waals surface area contributed by atoms with Gasteiger partial charge >= 0.3 is 0 Å². The lowest BCUT2D eigenvalue weighted by Crippen LogP contribution is -2.36. The van der Waals surface area contributed by atoms with Gasteiger partial charge in [0.2, 0.25) is 0 Å². The van der Waals surface area contributed by atoms with Gasteiger partial charge in [-0.15, -0.1) is 0 Å². The highest BCUT2D eigenvalue weighted by atomic mass is 16.6. The summed E-state index contributed by atoms with van der Waals surface area (Å²) in [6.07, 6.45) is 2.61. The van der Waals surface area contributed by atoms with Crippen LogP contribution in [0.4, 0.5) is 11.4 Å². The fourth-order valence-corrected chi connectivity index (χ4v) is 2.85. The number of nitro groups is 1. The molecule has 6 nitrogen and oxygen atoms in total. The van der Waals surface area contributed by atoms with Crippen molar-refractivity contribution in [2.75, 3.05) is 18.4 Å². The Balaban J connectivity index is 2.12. The largest absolute Gasteiger partial charge is 0.378 e. The van der Waals surface area contributed by atoms with Gasteiger partial charge in [-0.3, -0.25) is 15.1 Å². The number of nitro benzene ring substituents is 1. The summed E-state index contributed by atoms with van der Waals surface area (Å²) in [5.41, 5.74) is 1.84. The maximum absolute atomic E-state index is 11.2. The normalized spacial score (nSPS) is 21.6. The Morgan fingerprint density at radius 2 is 2.24 bits per heavy atom. The lowest BCUT2D eigenvalue weighted by atomic mass is 9.99. The summed E-state index contributed by atoms with van der Waals surface area (Å²) < 4.78 is 0. The number of pyridine rings is 1. The van der Waals surface area contributed by atoms with Crippen molar-refractivity contribution in [2.24, 2.45) is 0 Å². The van der Waals surface area contributed by atoms with Crippen molar-refractivity contribution in [1.82, 2.24) is 10.3 Å². The van der Waals surface area contributed by atoms with E-state index in [0.29, 0.717) is 5.39 Å². The molecule has 0 spiro atoms. The van der Waals surface area contributed by atoms with Crippen LogP contribution in [0, 0.1) is 17.0 Å². The third kappa shape index (κ3) is 2.54. The fourth-order valence-electron chi connectivity index (χ4n) is 2.85. The van der Waals surface area contributed by atoms with Crippen molar-refractivity contribution < 1.29 is 4.92 Å². The van der Waals surface area contributed by atoms with Crippen molar-refractivity contribution in [2.45, 2.75) is 25.8 Å². The second-order valence-electron chi connectivity index (χ2n) is 5.87. The van der Waals surface area contributed by atoms with E-state index in [0.717, 1.165) is 36.3 Å². The topological polar surface area (TPSA) is 80.1 Å². The number of rotatable bonds is 3. The quantitative estimate of drug-likeness (QED) is 0.669. The van der Waals surface area contributed by atoms with Crippen LogP contribution in [0.3, 0.4) is 0 Å². The molecule has 1 aromatic heterocycles. The van der Waals surface area contributed by atoms with E-state index in [1.54, 1.807) is 18.3 Å². The van der Waals surface area contributed by atoms with E-state index in [4.69, 9.17) is 0 Å². The minimum absolute atomic E-state index is 0.0275. The highest BCUT2D eigenvalue weighted by Crippen LogP contribution is 2.33. The number of benzene rings is 1. The minimum atomic E-state index is -0.359. The first-order chi connectivity index (χ1) is 9.98. The van der Waals surface area contributed by atoms with E-state index in [-0.39, 0.29) is 16.1 Å². The Labute approximate surface area is 122 Å². The molecule has 0 saturated carbocycles. The summed E-state index contributed by atoms with van der Waals surface area (Å²) in [5.74, 6) is 0. The molecule has 1 aromatic carbocycles. The first-order valence-electron chi connectivity index (χ1n) is 7.01. The lowest BCUT2D eigenvalue weighted by molar-refractivity contribution is -0.383. The van der Waals surface area contributed by atoms with Crippen LogP contribution < -0.4 is 10.6 Å².